The molecule has 4 heteroatoms. The van der Waals surface area contributed by atoms with Crippen molar-refractivity contribution in [2.45, 2.75) is 6.42 Å². The van der Waals surface area contributed by atoms with E-state index in [4.69, 9.17) is 11.6 Å². The number of amides is 1. The molecule has 0 bridgehead atoms. The molecule has 0 aliphatic carbocycles. The molecule has 0 fully saturated rings. The van der Waals surface area contributed by atoms with Crippen molar-refractivity contribution >= 4 is 39.1 Å². The van der Waals surface area contributed by atoms with E-state index < -0.39 is 0 Å². The second kappa shape index (κ2) is 4.99. The van der Waals surface area contributed by atoms with Crippen LogP contribution in [-0.2, 0) is 6.42 Å². The number of halogens is 2. The highest BCUT2D eigenvalue weighted by atomic mass is 79.9. The topological polar surface area (TPSA) is 20.3 Å². The Morgan fingerprint density at radius 3 is 2.74 bits per heavy atom. The van der Waals surface area contributed by atoms with Gasteiger partial charge in [0.2, 0.25) is 0 Å². The summed E-state index contributed by atoms with van der Waals surface area (Å²) in [4.78, 5) is 14.3. The summed E-state index contributed by atoms with van der Waals surface area (Å²) in [7, 11) is 0. The van der Waals surface area contributed by atoms with E-state index in [0.717, 1.165) is 27.7 Å². The molecule has 96 valence electrons. The van der Waals surface area contributed by atoms with E-state index in [0.29, 0.717) is 11.6 Å². The van der Waals surface area contributed by atoms with Gasteiger partial charge < -0.3 is 4.90 Å². The van der Waals surface area contributed by atoms with Gasteiger partial charge in [0, 0.05) is 21.6 Å². The second-order valence-electron chi connectivity index (χ2n) is 4.46. The van der Waals surface area contributed by atoms with E-state index in [1.165, 1.54) is 0 Å². The monoisotopic (exact) mass is 335 g/mol. The molecule has 0 radical (unpaired) electrons. The van der Waals surface area contributed by atoms with Crippen molar-refractivity contribution in [2.24, 2.45) is 0 Å². The van der Waals surface area contributed by atoms with Crippen LogP contribution in [0.2, 0.25) is 5.02 Å². The van der Waals surface area contributed by atoms with Crippen molar-refractivity contribution in [1.29, 1.82) is 0 Å². The van der Waals surface area contributed by atoms with Gasteiger partial charge in [-0.05, 0) is 52.2 Å². The quantitative estimate of drug-likeness (QED) is 0.760. The van der Waals surface area contributed by atoms with Gasteiger partial charge in [0.1, 0.15) is 0 Å². The van der Waals surface area contributed by atoms with Crippen LogP contribution in [0, 0.1) is 0 Å². The largest absolute Gasteiger partial charge is 0.307 e. The zero-order valence-corrected chi connectivity index (χ0v) is 12.4. The Balaban J connectivity index is 2.02. The van der Waals surface area contributed by atoms with Gasteiger partial charge in [0.15, 0.2) is 0 Å². The highest BCUT2D eigenvalue weighted by Crippen LogP contribution is 2.32. The van der Waals surface area contributed by atoms with Crippen LogP contribution in [0.4, 0.5) is 5.69 Å². The molecule has 0 saturated heterocycles. The first kappa shape index (κ1) is 12.7. The predicted octanol–water partition coefficient (Wildman–Crippen LogP) is 4.31. The highest BCUT2D eigenvalue weighted by molar-refractivity contribution is 9.10. The van der Waals surface area contributed by atoms with Crippen molar-refractivity contribution in [1.82, 2.24) is 0 Å². The fraction of sp³-hybridized carbons (Fsp3) is 0.133. The van der Waals surface area contributed by atoms with Crippen LogP contribution in [0.3, 0.4) is 0 Å². The summed E-state index contributed by atoms with van der Waals surface area (Å²) in [5, 5.41) is 0.653. The van der Waals surface area contributed by atoms with Gasteiger partial charge in [-0.3, -0.25) is 4.79 Å². The number of rotatable bonds is 1. The third-order valence-electron chi connectivity index (χ3n) is 3.30. The number of fused-ring (bicyclic) bond motifs is 1. The smallest absolute Gasteiger partial charge is 0.258 e. The zero-order chi connectivity index (χ0) is 13.4. The summed E-state index contributed by atoms with van der Waals surface area (Å²) in [5.41, 5.74) is 2.77. The molecule has 3 rings (SSSR count). The minimum absolute atomic E-state index is 0.0462. The molecule has 1 amide bonds. The molecule has 0 atom stereocenters. The predicted molar refractivity (Wildman–Crippen MR) is 81.0 cm³/mol. The Morgan fingerprint density at radius 2 is 1.95 bits per heavy atom. The SMILES string of the molecule is O=C1c2ccccc2CCN1c1ccc(Cl)cc1Br. The third-order valence-corrected chi connectivity index (χ3v) is 4.17. The van der Waals surface area contributed by atoms with Crippen LogP contribution in [0.1, 0.15) is 15.9 Å². The van der Waals surface area contributed by atoms with E-state index in [2.05, 4.69) is 15.9 Å². The molecular weight excluding hydrogens is 326 g/mol. The number of carbonyl (C=O) groups is 1. The maximum absolute atomic E-state index is 12.5. The fourth-order valence-corrected chi connectivity index (χ4v) is 3.25. The molecule has 2 aromatic rings. The molecule has 2 nitrogen and oxygen atoms in total. The minimum Gasteiger partial charge on any atom is -0.307 e. The summed E-state index contributed by atoms with van der Waals surface area (Å²) in [5.74, 6) is 0.0462. The lowest BCUT2D eigenvalue weighted by Gasteiger charge is -2.29. The first-order valence-electron chi connectivity index (χ1n) is 6.01. The van der Waals surface area contributed by atoms with Gasteiger partial charge in [-0.2, -0.15) is 0 Å². The van der Waals surface area contributed by atoms with E-state index >= 15 is 0 Å². The molecule has 2 aromatic carbocycles. The van der Waals surface area contributed by atoms with Crippen LogP contribution >= 0.6 is 27.5 Å². The summed E-state index contributed by atoms with van der Waals surface area (Å²) in [6.45, 7) is 0.691. The number of anilines is 1. The second-order valence-corrected chi connectivity index (χ2v) is 5.75. The van der Waals surface area contributed by atoms with Gasteiger partial charge in [-0.1, -0.05) is 29.8 Å². The van der Waals surface area contributed by atoms with Crippen molar-refractivity contribution in [3.05, 3.63) is 63.1 Å². The molecule has 19 heavy (non-hydrogen) atoms. The molecule has 0 spiro atoms. The lowest BCUT2D eigenvalue weighted by molar-refractivity contribution is 0.0980. The van der Waals surface area contributed by atoms with E-state index in [9.17, 15) is 4.79 Å². The Bertz CT molecular complexity index is 656. The van der Waals surface area contributed by atoms with Gasteiger partial charge >= 0.3 is 0 Å². The normalized spacial score (nSPS) is 14.4. The van der Waals surface area contributed by atoms with Gasteiger partial charge in [0.05, 0.1) is 5.69 Å². The molecule has 0 saturated carbocycles. The fourth-order valence-electron chi connectivity index (χ4n) is 2.36. The maximum atomic E-state index is 12.5. The summed E-state index contributed by atoms with van der Waals surface area (Å²) in [6.07, 6.45) is 0.872. The van der Waals surface area contributed by atoms with Crippen molar-refractivity contribution in [2.75, 3.05) is 11.4 Å². The number of nitrogens with zero attached hydrogens (tertiary/aromatic N) is 1. The number of carbonyl (C=O) groups excluding carboxylic acids is 1. The molecule has 1 aliphatic rings. The van der Waals surface area contributed by atoms with Gasteiger partial charge in [-0.15, -0.1) is 0 Å². The molecule has 0 aromatic heterocycles. The lowest BCUT2D eigenvalue weighted by atomic mass is 9.99. The Labute approximate surface area is 125 Å². The standard InChI is InChI=1S/C15H11BrClNO/c16-13-9-11(17)5-6-14(13)18-8-7-10-3-1-2-4-12(10)15(18)19/h1-6,9H,7-8H2. The van der Waals surface area contributed by atoms with Crippen LogP contribution in [0.15, 0.2) is 46.9 Å². The number of hydrogen-bond donors (Lipinski definition) is 0. The maximum Gasteiger partial charge on any atom is 0.258 e. The van der Waals surface area contributed by atoms with Crippen molar-refractivity contribution in [3.8, 4) is 0 Å². The molecule has 0 unspecified atom stereocenters. The molecular formula is C15H11BrClNO. The van der Waals surface area contributed by atoms with Crippen LogP contribution < -0.4 is 4.90 Å². The van der Waals surface area contributed by atoms with Crippen molar-refractivity contribution in [3.63, 3.8) is 0 Å². The van der Waals surface area contributed by atoms with Crippen LogP contribution in [0.25, 0.3) is 0 Å². The number of hydrogen-bond acceptors (Lipinski definition) is 1. The Hall–Kier alpha value is -1.32. The van der Waals surface area contributed by atoms with Crippen LogP contribution in [-0.4, -0.2) is 12.5 Å². The zero-order valence-electron chi connectivity index (χ0n) is 10.1. The third kappa shape index (κ3) is 2.28. The first-order chi connectivity index (χ1) is 9.16. The van der Waals surface area contributed by atoms with Gasteiger partial charge in [-0.25, -0.2) is 0 Å². The van der Waals surface area contributed by atoms with Gasteiger partial charge in [0.25, 0.3) is 5.91 Å². The van der Waals surface area contributed by atoms with Crippen LogP contribution in [0.5, 0.6) is 0 Å². The summed E-state index contributed by atoms with van der Waals surface area (Å²) >= 11 is 9.41. The van der Waals surface area contributed by atoms with E-state index in [1.54, 1.807) is 11.0 Å². The average Bonchev–Trinajstić information content (AvgIpc) is 2.41. The Kier molecular flexibility index (Phi) is 3.33. The molecule has 1 aliphatic heterocycles. The first-order valence-corrected chi connectivity index (χ1v) is 7.19. The summed E-state index contributed by atoms with van der Waals surface area (Å²) in [6, 6.07) is 13.3. The lowest BCUT2D eigenvalue weighted by Crippen LogP contribution is -2.37. The minimum atomic E-state index is 0.0462. The van der Waals surface area contributed by atoms with E-state index in [1.807, 2.05) is 36.4 Å². The average molecular weight is 337 g/mol. The molecule has 1 heterocycles. The number of benzene rings is 2. The molecule has 0 N–H and O–H groups in total. The van der Waals surface area contributed by atoms with E-state index in [-0.39, 0.29) is 5.91 Å². The summed E-state index contributed by atoms with van der Waals surface area (Å²) < 4.78 is 0.840. The Morgan fingerprint density at radius 1 is 1.16 bits per heavy atom. The van der Waals surface area contributed by atoms with Crippen molar-refractivity contribution < 1.29 is 4.79 Å². The highest BCUT2D eigenvalue weighted by Gasteiger charge is 2.26.